The fraction of sp³-hybridized carbons (Fsp3) is 0.261. The van der Waals surface area contributed by atoms with Gasteiger partial charge in [-0.2, -0.15) is 17.6 Å². The second kappa shape index (κ2) is 9.21. The highest BCUT2D eigenvalue weighted by Gasteiger charge is 2.33. The highest BCUT2D eigenvalue weighted by molar-refractivity contribution is 7.92. The molecule has 0 saturated heterocycles. The first-order valence-corrected chi connectivity index (χ1v) is 11.7. The average molecular weight is 498 g/mol. The van der Waals surface area contributed by atoms with Crippen LogP contribution in [0.5, 0.6) is 5.75 Å². The molecule has 1 aromatic heterocycles. The average Bonchev–Trinajstić information content (AvgIpc) is 2.78. The number of ether oxygens (including phenoxy) is 1. The largest absolute Gasteiger partial charge is 0.493 e. The van der Waals surface area contributed by atoms with Gasteiger partial charge in [-0.1, -0.05) is 18.2 Å². The Hall–Kier alpha value is -3.21. The molecule has 0 bridgehead atoms. The number of benzene rings is 2. The molecule has 3 aromatic rings. The third-order valence-electron chi connectivity index (χ3n) is 5.50. The minimum atomic E-state index is -4.55. The number of hydrogen-bond acceptors (Lipinski definition) is 4. The minimum absolute atomic E-state index is 0.158. The van der Waals surface area contributed by atoms with Gasteiger partial charge in [0.2, 0.25) is 5.95 Å². The van der Waals surface area contributed by atoms with Gasteiger partial charge in [-0.05, 0) is 47.9 Å². The Balaban J connectivity index is 1.69. The predicted molar refractivity (Wildman–Crippen MR) is 115 cm³/mol. The van der Waals surface area contributed by atoms with Crippen molar-refractivity contribution in [2.75, 3.05) is 18.0 Å². The number of pyridine rings is 1. The number of halogens is 5. The van der Waals surface area contributed by atoms with E-state index in [0.717, 1.165) is 18.2 Å². The molecular formula is C23H19F5N2O3S. The number of aromatic nitrogens is 1. The second-order valence-corrected chi connectivity index (χ2v) is 9.37. The van der Waals surface area contributed by atoms with E-state index >= 15 is 0 Å². The predicted octanol–water partition coefficient (Wildman–Crippen LogP) is 5.47. The first-order valence-electron chi connectivity index (χ1n) is 10.3. The van der Waals surface area contributed by atoms with E-state index in [4.69, 9.17) is 4.74 Å². The number of rotatable bonds is 6. The van der Waals surface area contributed by atoms with E-state index in [1.807, 2.05) is 0 Å². The van der Waals surface area contributed by atoms with Crippen molar-refractivity contribution in [3.63, 3.8) is 0 Å². The van der Waals surface area contributed by atoms with E-state index in [2.05, 4.69) is 9.71 Å². The third kappa shape index (κ3) is 4.98. The second-order valence-electron chi connectivity index (χ2n) is 7.69. The Kier molecular flexibility index (Phi) is 6.48. The van der Waals surface area contributed by atoms with E-state index in [-0.39, 0.29) is 35.1 Å². The lowest BCUT2D eigenvalue weighted by atomic mass is 9.83. The summed E-state index contributed by atoms with van der Waals surface area (Å²) >= 11 is 0. The molecule has 1 N–H and O–H groups in total. The monoisotopic (exact) mass is 498 g/mol. The van der Waals surface area contributed by atoms with Crippen molar-refractivity contribution in [1.82, 2.24) is 4.98 Å². The molecule has 0 amide bonds. The highest BCUT2D eigenvalue weighted by Crippen LogP contribution is 2.42. The number of hydrogen-bond donors (Lipinski definition) is 1. The lowest BCUT2D eigenvalue weighted by Crippen LogP contribution is -2.19. The van der Waals surface area contributed by atoms with Crippen LogP contribution in [0, 0.1) is 5.95 Å². The maximum atomic E-state index is 13.3. The number of aryl methyl sites for hydroxylation is 1. The fourth-order valence-electron chi connectivity index (χ4n) is 3.96. The van der Waals surface area contributed by atoms with Crippen molar-refractivity contribution in [2.45, 2.75) is 29.8 Å². The maximum Gasteiger partial charge on any atom is 0.416 e. The van der Waals surface area contributed by atoms with E-state index in [9.17, 15) is 30.4 Å². The molecule has 180 valence electrons. The van der Waals surface area contributed by atoms with Crippen LogP contribution in [-0.4, -0.2) is 26.7 Å². The van der Waals surface area contributed by atoms with Gasteiger partial charge in [-0.3, -0.25) is 9.11 Å². The number of anilines is 1. The molecule has 2 heterocycles. The molecule has 34 heavy (non-hydrogen) atoms. The summed E-state index contributed by atoms with van der Waals surface area (Å²) in [6, 6.07) is 11.1. The zero-order valence-electron chi connectivity index (χ0n) is 17.6. The van der Waals surface area contributed by atoms with Gasteiger partial charge >= 0.3 is 6.18 Å². The number of nitrogens with one attached hydrogen (secondary N) is 1. The summed E-state index contributed by atoms with van der Waals surface area (Å²) in [6.45, 7) is -0.627. The topological polar surface area (TPSA) is 68.3 Å². The SMILES string of the molecule is O=S(=O)(Nc1cccc(F)n1)c1ccc2c(c1)OCCC2c1ccc(C(F)(F)F)cc1CCF. The number of sulfonamides is 1. The molecule has 0 spiro atoms. The van der Waals surface area contributed by atoms with Gasteiger partial charge in [0.1, 0.15) is 11.6 Å². The first-order chi connectivity index (χ1) is 16.1. The van der Waals surface area contributed by atoms with Crippen molar-refractivity contribution >= 4 is 15.8 Å². The van der Waals surface area contributed by atoms with Crippen molar-refractivity contribution in [2.24, 2.45) is 0 Å². The molecule has 2 aromatic carbocycles. The normalized spacial score (nSPS) is 16.0. The Morgan fingerprint density at radius 1 is 1.06 bits per heavy atom. The van der Waals surface area contributed by atoms with Gasteiger partial charge in [-0.15, -0.1) is 0 Å². The summed E-state index contributed by atoms with van der Waals surface area (Å²) in [5, 5.41) is 0. The molecule has 5 nitrogen and oxygen atoms in total. The molecule has 0 radical (unpaired) electrons. The molecule has 11 heteroatoms. The minimum Gasteiger partial charge on any atom is -0.493 e. The first kappa shape index (κ1) is 23.9. The van der Waals surface area contributed by atoms with Crippen LogP contribution >= 0.6 is 0 Å². The van der Waals surface area contributed by atoms with Crippen molar-refractivity contribution in [3.8, 4) is 5.75 Å². The van der Waals surface area contributed by atoms with E-state index in [1.165, 1.54) is 36.4 Å². The molecule has 1 aliphatic heterocycles. The van der Waals surface area contributed by atoms with Crippen LogP contribution in [0.2, 0.25) is 0 Å². The van der Waals surface area contributed by atoms with Gasteiger partial charge in [0.15, 0.2) is 0 Å². The third-order valence-corrected chi connectivity index (χ3v) is 6.85. The van der Waals surface area contributed by atoms with Gasteiger partial charge in [-0.25, -0.2) is 13.4 Å². The summed E-state index contributed by atoms with van der Waals surface area (Å²) < 4.78 is 99.2. The lowest BCUT2D eigenvalue weighted by molar-refractivity contribution is -0.137. The Labute approximate surface area is 192 Å². The van der Waals surface area contributed by atoms with E-state index < -0.39 is 40.3 Å². The van der Waals surface area contributed by atoms with E-state index in [0.29, 0.717) is 17.5 Å². The zero-order chi connectivity index (χ0) is 24.5. The molecule has 1 aliphatic rings. The van der Waals surface area contributed by atoms with Crippen LogP contribution in [-0.2, 0) is 22.6 Å². The van der Waals surface area contributed by atoms with Crippen LogP contribution < -0.4 is 9.46 Å². The molecule has 0 aliphatic carbocycles. The molecule has 0 saturated carbocycles. The maximum absolute atomic E-state index is 13.3. The quantitative estimate of drug-likeness (QED) is 0.362. The van der Waals surface area contributed by atoms with Gasteiger partial charge in [0.25, 0.3) is 10.0 Å². The molecule has 0 fully saturated rings. The van der Waals surface area contributed by atoms with Crippen LogP contribution in [0.25, 0.3) is 0 Å². The van der Waals surface area contributed by atoms with Crippen molar-refractivity contribution in [3.05, 3.63) is 82.8 Å². The van der Waals surface area contributed by atoms with Gasteiger partial charge in [0.05, 0.1) is 23.7 Å². The number of fused-ring (bicyclic) bond motifs is 1. The van der Waals surface area contributed by atoms with Gasteiger partial charge in [0, 0.05) is 24.0 Å². The van der Waals surface area contributed by atoms with Gasteiger partial charge < -0.3 is 4.74 Å². The Bertz CT molecular complexity index is 1310. The zero-order valence-corrected chi connectivity index (χ0v) is 18.4. The molecule has 4 rings (SSSR count). The fourth-order valence-corrected chi connectivity index (χ4v) is 4.98. The summed E-state index contributed by atoms with van der Waals surface area (Å²) in [6.07, 6.45) is -4.30. The van der Waals surface area contributed by atoms with Crippen LogP contribution in [0.3, 0.4) is 0 Å². The van der Waals surface area contributed by atoms with Crippen molar-refractivity contribution < 1.29 is 35.1 Å². The van der Waals surface area contributed by atoms with Crippen LogP contribution in [0.15, 0.2) is 59.5 Å². The van der Waals surface area contributed by atoms with Crippen molar-refractivity contribution in [1.29, 1.82) is 0 Å². The highest BCUT2D eigenvalue weighted by atomic mass is 32.2. The smallest absolute Gasteiger partial charge is 0.416 e. The Morgan fingerprint density at radius 3 is 2.53 bits per heavy atom. The Morgan fingerprint density at radius 2 is 1.82 bits per heavy atom. The molecular weight excluding hydrogens is 479 g/mol. The number of nitrogens with zero attached hydrogens (tertiary/aromatic N) is 1. The summed E-state index contributed by atoms with van der Waals surface area (Å²) in [7, 11) is -4.12. The number of alkyl halides is 4. The standard InChI is InChI=1S/C23H19F5N2O3S/c24-10-8-14-12-15(23(26,27)28)4-6-17(14)18-9-11-33-20-13-16(5-7-19(18)20)34(31,32)30-22-3-1-2-21(25)29-22/h1-7,12-13,18H,8-11H2,(H,29,30). The molecule has 1 atom stereocenters. The summed E-state index contributed by atoms with van der Waals surface area (Å²) in [5.41, 5.74) is 0.498. The summed E-state index contributed by atoms with van der Waals surface area (Å²) in [4.78, 5) is 3.32. The molecule has 1 unspecified atom stereocenters. The summed E-state index contributed by atoms with van der Waals surface area (Å²) in [5.74, 6) is -1.20. The van der Waals surface area contributed by atoms with Crippen LogP contribution in [0.1, 0.15) is 34.6 Å². The lowest BCUT2D eigenvalue weighted by Gasteiger charge is -2.28. The van der Waals surface area contributed by atoms with Crippen LogP contribution in [0.4, 0.5) is 27.8 Å². The van der Waals surface area contributed by atoms with E-state index in [1.54, 1.807) is 0 Å².